The second-order valence-corrected chi connectivity index (χ2v) is 5.95. The van der Waals surface area contributed by atoms with E-state index in [0.29, 0.717) is 12.6 Å². The summed E-state index contributed by atoms with van der Waals surface area (Å²) in [4.78, 5) is 16.7. The summed E-state index contributed by atoms with van der Waals surface area (Å²) in [6, 6.07) is 8.03. The summed E-state index contributed by atoms with van der Waals surface area (Å²) in [6.45, 7) is 10.8. The van der Waals surface area contributed by atoms with Gasteiger partial charge in [0.05, 0.1) is 12.3 Å². The average molecular weight is 319 g/mol. The molecule has 2 amide bonds. The van der Waals surface area contributed by atoms with Gasteiger partial charge in [0.15, 0.2) is 0 Å². The molecule has 128 valence electrons. The third-order valence-corrected chi connectivity index (χ3v) is 4.12. The number of hydrogen-bond donors (Lipinski definition) is 1. The Labute approximate surface area is 139 Å². The van der Waals surface area contributed by atoms with Gasteiger partial charge >= 0.3 is 6.03 Å². The highest BCUT2D eigenvalue weighted by Gasteiger charge is 2.34. The number of nitrogens with zero attached hydrogens (tertiary/aromatic N) is 2. The third kappa shape index (κ3) is 4.61. The molecule has 2 rings (SSSR count). The second-order valence-electron chi connectivity index (χ2n) is 5.95. The Hall–Kier alpha value is -1.75. The molecule has 0 spiro atoms. The molecule has 1 aromatic rings. The first kappa shape index (κ1) is 17.6. The number of rotatable bonds is 8. The van der Waals surface area contributed by atoms with Gasteiger partial charge in [0, 0.05) is 19.1 Å². The van der Waals surface area contributed by atoms with Crippen LogP contribution >= 0.6 is 0 Å². The number of anilines is 1. The molecule has 0 radical (unpaired) electrons. The van der Waals surface area contributed by atoms with Crippen molar-refractivity contribution >= 4 is 11.7 Å². The standard InChI is InChI=1S/C18H29N3O2/c1-4-11-20(12-5-2)15-13-21(14-15)18(22)19-16-9-7-8-10-17(16)23-6-3/h7-10,15H,4-6,11-14H2,1-3H3,(H,19,22). The van der Waals surface area contributed by atoms with Crippen molar-refractivity contribution in [1.29, 1.82) is 0 Å². The molecular weight excluding hydrogens is 290 g/mol. The lowest BCUT2D eigenvalue weighted by Gasteiger charge is -2.45. The fourth-order valence-electron chi connectivity index (χ4n) is 2.95. The van der Waals surface area contributed by atoms with Crippen molar-refractivity contribution in [1.82, 2.24) is 9.80 Å². The summed E-state index contributed by atoms with van der Waals surface area (Å²) in [6.07, 6.45) is 2.31. The predicted molar refractivity (Wildman–Crippen MR) is 94.1 cm³/mol. The number of carbonyl (C=O) groups excluding carboxylic acids is 1. The Balaban J connectivity index is 1.87. The first-order valence-corrected chi connectivity index (χ1v) is 8.71. The highest BCUT2D eigenvalue weighted by molar-refractivity contribution is 5.91. The van der Waals surface area contributed by atoms with Crippen LogP contribution in [0.5, 0.6) is 5.75 Å². The first-order chi connectivity index (χ1) is 11.2. The van der Waals surface area contributed by atoms with Gasteiger partial charge in [0.1, 0.15) is 5.75 Å². The van der Waals surface area contributed by atoms with Crippen LogP contribution < -0.4 is 10.1 Å². The van der Waals surface area contributed by atoms with Crippen LogP contribution in [0.2, 0.25) is 0 Å². The Bertz CT molecular complexity index is 495. The summed E-state index contributed by atoms with van der Waals surface area (Å²) in [7, 11) is 0. The Morgan fingerprint density at radius 3 is 2.48 bits per heavy atom. The molecule has 0 atom stereocenters. The number of benzene rings is 1. The minimum absolute atomic E-state index is 0.0404. The van der Waals surface area contributed by atoms with E-state index < -0.39 is 0 Å². The summed E-state index contributed by atoms with van der Waals surface area (Å²) in [5.74, 6) is 0.721. The van der Waals surface area contributed by atoms with Crippen molar-refractivity contribution in [3.63, 3.8) is 0 Å². The lowest BCUT2D eigenvalue weighted by molar-refractivity contribution is 0.0614. The highest BCUT2D eigenvalue weighted by Crippen LogP contribution is 2.25. The van der Waals surface area contributed by atoms with Gasteiger partial charge in [-0.25, -0.2) is 4.79 Å². The molecule has 0 saturated carbocycles. The van der Waals surface area contributed by atoms with Crippen LogP contribution in [0.15, 0.2) is 24.3 Å². The number of hydrogen-bond acceptors (Lipinski definition) is 3. The molecule has 1 aromatic carbocycles. The number of likely N-dealkylation sites (tertiary alicyclic amines) is 1. The van der Waals surface area contributed by atoms with Crippen LogP contribution in [0, 0.1) is 0 Å². The van der Waals surface area contributed by atoms with Crippen LogP contribution in [-0.2, 0) is 0 Å². The molecule has 0 aliphatic carbocycles. The van der Waals surface area contributed by atoms with E-state index in [1.165, 1.54) is 0 Å². The van der Waals surface area contributed by atoms with Crippen molar-refractivity contribution in [3.05, 3.63) is 24.3 Å². The highest BCUT2D eigenvalue weighted by atomic mass is 16.5. The smallest absolute Gasteiger partial charge is 0.322 e. The topological polar surface area (TPSA) is 44.8 Å². The molecule has 0 bridgehead atoms. The molecular formula is C18H29N3O2. The van der Waals surface area contributed by atoms with Gasteiger partial charge in [-0.3, -0.25) is 4.90 Å². The molecule has 1 aliphatic rings. The van der Waals surface area contributed by atoms with Crippen LogP contribution in [0.3, 0.4) is 0 Å². The lowest BCUT2D eigenvalue weighted by Crippen LogP contribution is -2.62. The van der Waals surface area contributed by atoms with Crippen molar-refractivity contribution in [2.75, 3.05) is 38.1 Å². The molecule has 23 heavy (non-hydrogen) atoms. The average Bonchev–Trinajstić information content (AvgIpc) is 2.48. The van der Waals surface area contributed by atoms with Crippen molar-refractivity contribution in [2.45, 2.75) is 39.7 Å². The number of amides is 2. The normalized spacial score (nSPS) is 14.7. The van der Waals surface area contributed by atoms with Crippen LogP contribution in [-0.4, -0.2) is 54.7 Å². The Morgan fingerprint density at radius 2 is 1.87 bits per heavy atom. The van der Waals surface area contributed by atoms with Gasteiger partial charge in [-0.05, 0) is 45.0 Å². The fraction of sp³-hybridized carbons (Fsp3) is 0.611. The van der Waals surface area contributed by atoms with E-state index >= 15 is 0 Å². The van der Waals surface area contributed by atoms with E-state index in [0.717, 1.165) is 50.5 Å². The van der Waals surface area contributed by atoms with Gasteiger partial charge in [-0.15, -0.1) is 0 Å². The Morgan fingerprint density at radius 1 is 1.22 bits per heavy atom. The van der Waals surface area contributed by atoms with E-state index in [4.69, 9.17) is 4.74 Å². The SMILES string of the molecule is CCCN(CCC)C1CN(C(=O)Nc2ccccc2OCC)C1. The maximum absolute atomic E-state index is 12.4. The minimum Gasteiger partial charge on any atom is -0.492 e. The maximum atomic E-state index is 12.4. The summed E-state index contributed by atoms with van der Waals surface area (Å²) in [5.41, 5.74) is 0.738. The first-order valence-electron chi connectivity index (χ1n) is 8.71. The van der Waals surface area contributed by atoms with Crippen LogP contribution in [0.1, 0.15) is 33.6 Å². The zero-order valence-corrected chi connectivity index (χ0v) is 14.5. The molecule has 5 nitrogen and oxygen atoms in total. The predicted octanol–water partition coefficient (Wildman–Crippen LogP) is 3.42. The van der Waals surface area contributed by atoms with E-state index in [1.54, 1.807) is 0 Å². The summed E-state index contributed by atoms with van der Waals surface area (Å²) >= 11 is 0. The van der Waals surface area contributed by atoms with E-state index in [-0.39, 0.29) is 6.03 Å². The molecule has 1 aliphatic heterocycles. The largest absolute Gasteiger partial charge is 0.492 e. The van der Waals surface area contributed by atoms with Gasteiger partial charge in [-0.2, -0.15) is 0 Å². The lowest BCUT2D eigenvalue weighted by atomic mass is 10.1. The van der Waals surface area contributed by atoms with Gasteiger partial charge in [-0.1, -0.05) is 26.0 Å². The van der Waals surface area contributed by atoms with E-state index in [1.807, 2.05) is 36.1 Å². The molecule has 1 fully saturated rings. The molecule has 1 saturated heterocycles. The zero-order valence-electron chi connectivity index (χ0n) is 14.5. The number of carbonyl (C=O) groups is 1. The van der Waals surface area contributed by atoms with Gasteiger partial charge in [0.25, 0.3) is 0 Å². The molecule has 1 N–H and O–H groups in total. The van der Waals surface area contributed by atoms with Crippen molar-refractivity contribution in [2.24, 2.45) is 0 Å². The van der Waals surface area contributed by atoms with Crippen molar-refractivity contribution < 1.29 is 9.53 Å². The number of urea groups is 1. The number of nitrogens with one attached hydrogen (secondary N) is 1. The molecule has 0 unspecified atom stereocenters. The zero-order chi connectivity index (χ0) is 16.7. The fourth-order valence-corrected chi connectivity index (χ4v) is 2.95. The van der Waals surface area contributed by atoms with Crippen LogP contribution in [0.4, 0.5) is 10.5 Å². The van der Waals surface area contributed by atoms with Gasteiger partial charge in [0.2, 0.25) is 0 Å². The van der Waals surface area contributed by atoms with E-state index in [9.17, 15) is 4.79 Å². The van der Waals surface area contributed by atoms with Crippen LogP contribution in [0.25, 0.3) is 0 Å². The maximum Gasteiger partial charge on any atom is 0.322 e. The minimum atomic E-state index is -0.0404. The summed E-state index contributed by atoms with van der Waals surface area (Å²) < 4.78 is 5.55. The van der Waals surface area contributed by atoms with Crippen molar-refractivity contribution in [3.8, 4) is 5.75 Å². The third-order valence-electron chi connectivity index (χ3n) is 4.12. The van der Waals surface area contributed by atoms with E-state index in [2.05, 4.69) is 24.1 Å². The number of ether oxygens (including phenoxy) is 1. The monoisotopic (exact) mass is 319 g/mol. The second kappa shape index (κ2) is 8.77. The number of para-hydroxylation sites is 2. The van der Waals surface area contributed by atoms with Gasteiger partial charge < -0.3 is 15.0 Å². The quantitative estimate of drug-likeness (QED) is 0.798. The molecule has 0 aromatic heterocycles. The summed E-state index contributed by atoms with van der Waals surface area (Å²) in [5, 5.41) is 2.96. The Kier molecular flexibility index (Phi) is 6.71. The molecule has 5 heteroatoms. The molecule has 1 heterocycles.